The van der Waals surface area contributed by atoms with Gasteiger partial charge in [-0.1, -0.05) is 23.7 Å². The molecule has 0 radical (unpaired) electrons. The van der Waals surface area contributed by atoms with E-state index in [0.717, 1.165) is 22.6 Å². The minimum atomic E-state index is -3.63. The summed E-state index contributed by atoms with van der Waals surface area (Å²) < 4.78 is 29.4. The van der Waals surface area contributed by atoms with Crippen LogP contribution in [0.15, 0.2) is 52.9 Å². The molecule has 2 heterocycles. The van der Waals surface area contributed by atoms with Gasteiger partial charge in [-0.2, -0.15) is 5.10 Å². The molecule has 1 aromatic carbocycles. The highest BCUT2D eigenvalue weighted by atomic mass is 35.5. The van der Waals surface area contributed by atoms with E-state index in [1.54, 1.807) is 28.9 Å². The van der Waals surface area contributed by atoms with Crippen molar-refractivity contribution in [1.82, 2.24) is 9.78 Å². The third-order valence-corrected chi connectivity index (χ3v) is 6.04. The number of anilines is 1. The van der Waals surface area contributed by atoms with Crippen molar-refractivity contribution in [3.8, 4) is 11.3 Å². The molecule has 22 heavy (non-hydrogen) atoms. The second kappa shape index (κ2) is 5.75. The van der Waals surface area contributed by atoms with Crippen LogP contribution in [-0.2, 0) is 17.1 Å². The minimum absolute atomic E-state index is 0.181. The van der Waals surface area contributed by atoms with Crippen LogP contribution in [0.2, 0.25) is 4.34 Å². The lowest BCUT2D eigenvalue weighted by atomic mass is 10.1. The molecule has 8 heteroatoms. The van der Waals surface area contributed by atoms with Crippen LogP contribution < -0.4 is 4.72 Å². The van der Waals surface area contributed by atoms with Gasteiger partial charge in [-0.3, -0.25) is 9.40 Å². The standard InChI is InChI=1S/C14H12ClN3O2S2/c1-18-8-7-12(16-18)10-3-2-4-11(9-10)17-22(19,20)14-6-5-13(15)21-14/h2-9,17H,1H3. The summed E-state index contributed by atoms with van der Waals surface area (Å²) in [5.74, 6) is 0. The zero-order valence-electron chi connectivity index (χ0n) is 11.5. The van der Waals surface area contributed by atoms with Crippen molar-refractivity contribution in [1.29, 1.82) is 0 Å². The summed E-state index contributed by atoms with van der Waals surface area (Å²) in [6.45, 7) is 0. The summed E-state index contributed by atoms with van der Waals surface area (Å²) in [7, 11) is -1.80. The summed E-state index contributed by atoms with van der Waals surface area (Å²) in [5, 5.41) is 4.30. The Morgan fingerprint density at radius 2 is 2.05 bits per heavy atom. The quantitative estimate of drug-likeness (QED) is 0.779. The van der Waals surface area contributed by atoms with Crippen LogP contribution in [0.3, 0.4) is 0 Å². The van der Waals surface area contributed by atoms with E-state index in [1.165, 1.54) is 6.07 Å². The molecule has 114 valence electrons. The van der Waals surface area contributed by atoms with Gasteiger partial charge < -0.3 is 0 Å². The Kier molecular flexibility index (Phi) is 3.94. The van der Waals surface area contributed by atoms with Crippen molar-refractivity contribution in [2.75, 3.05) is 4.72 Å². The first kappa shape index (κ1) is 15.1. The normalized spacial score (nSPS) is 11.5. The average Bonchev–Trinajstić information content (AvgIpc) is 3.08. The molecule has 0 fully saturated rings. The van der Waals surface area contributed by atoms with Crippen LogP contribution in [0.5, 0.6) is 0 Å². The van der Waals surface area contributed by atoms with E-state index < -0.39 is 10.0 Å². The monoisotopic (exact) mass is 353 g/mol. The Morgan fingerprint density at radius 3 is 2.68 bits per heavy atom. The molecule has 0 unspecified atom stereocenters. The molecule has 0 saturated carbocycles. The van der Waals surface area contributed by atoms with Crippen LogP contribution in [0, 0.1) is 0 Å². The molecule has 0 aliphatic carbocycles. The maximum absolute atomic E-state index is 12.3. The molecule has 0 atom stereocenters. The van der Waals surface area contributed by atoms with Gasteiger partial charge in [0, 0.05) is 24.5 Å². The molecular formula is C14H12ClN3O2S2. The molecule has 0 amide bonds. The van der Waals surface area contributed by atoms with Gasteiger partial charge in [0.15, 0.2) is 0 Å². The van der Waals surface area contributed by atoms with E-state index in [2.05, 4.69) is 9.82 Å². The number of benzene rings is 1. The van der Waals surface area contributed by atoms with Gasteiger partial charge in [-0.15, -0.1) is 11.3 Å². The Hall–Kier alpha value is -1.83. The van der Waals surface area contributed by atoms with Gasteiger partial charge in [-0.05, 0) is 30.3 Å². The summed E-state index contributed by atoms with van der Waals surface area (Å²) in [4.78, 5) is 0. The number of sulfonamides is 1. The number of halogens is 1. The zero-order valence-corrected chi connectivity index (χ0v) is 13.9. The average molecular weight is 354 g/mol. The molecule has 0 spiro atoms. The van der Waals surface area contributed by atoms with E-state index in [0.29, 0.717) is 10.0 Å². The van der Waals surface area contributed by atoms with Crippen LogP contribution in [0.25, 0.3) is 11.3 Å². The molecular weight excluding hydrogens is 342 g/mol. The highest BCUT2D eigenvalue weighted by molar-refractivity contribution is 7.94. The molecule has 3 aromatic rings. The first-order valence-corrected chi connectivity index (χ1v) is 9.00. The predicted molar refractivity (Wildman–Crippen MR) is 88.8 cm³/mol. The maximum atomic E-state index is 12.3. The highest BCUT2D eigenvalue weighted by Crippen LogP contribution is 2.28. The smallest absolute Gasteiger partial charge is 0.271 e. The predicted octanol–water partition coefficient (Wildman–Crippen LogP) is 3.60. The molecule has 0 aliphatic heterocycles. The number of hydrogen-bond donors (Lipinski definition) is 1. The fraction of sp³-hybridized carbons (Fsp3) is 0.0714. The van der Waals surface area contributed by atoms with E-state index in [-0.39, 0.29) is 4.21 Å². The summed E-state index contributed by atoms with van der Waals surface area (Å²) in [6, 6.07) is 12.0. The Labute approximate surface area is 137 Å². The minimum Gasteiger partial charge on any atom is -0.279 e. The van der Waals surface area contributed by atoms with Crippen molar-refractivity contribution >= 4 is 38.6 Å². The molecule has 5 nitrogen and oxygen atoms in total. The topological polar surface area (TPSA) is 64.0 Å². The molecule has 3 rings (SSSR count). The molecule has 1 N–H and O–H groups in total. The van der Waals surface area contributed by atoms with Gasteiger partial charge in [-0.25, -0.2) is 8.42 Å². The summed E-state index contributed by atoms with van der Waals surface area (Å²) in [5.41, 5.74) is 2.10. The number of aromatic nitrogens is 2. The first-order chi connectivity index (χ1) is 10.4. The lowest BCUT2D eigenvalue weighted by Crippen LogP contribution is -2.11. The number of nitrogens with zero attached hydrogens (tertiary/aromatic N) is 2. The number of hydrogen-bond acceptors (Lipinski definition) is 4. The summed E-state index contributed by atoms with van der Waals surface area (Å²) >= 11 is 6.81. The van der Waals surface area contributed by atoms with Crippen molar-refractivity contribution in [3.63, 3.8) is 0 Å². The fourth-order valence-corrected chi connectivity index (χ4v) is 4.49. The lowest BCUT2D eigenvalue weighted by Gasteiger charge is -2.07. The van der Waals surface area contributed by atoms with E-state index in [1.807, 2.05) is 25.4 Å². The highest BCUT2D eigenvalue weighted by Gasteiger charge is 2.17. The van der Waals surface area contributed by atoms with Crippen LogP contribution in [0.4, 0.5) is 5.69 Å². The molecule has 0 bridgehead atoms. The van der Waals surface area contributed by atoms with Gasteiger partial charge in [0.25, 0.3) is 10.0 Å². The van der Waals surface area contributed by atoms with Crippen molar-refractivity contribution in [2.45, 2.75) is 4.21 Å². The molecule has 0 aliphatic rings. The van der Waals surface area contributed by atoms with Crippen molar-refractivity contribution in [3.05, 3.63) is 53.0 Å². The second-order valence-electron chi connectivity index (χ2n) is 4.62. The summed E-state index contributed by atoms with van der Waals surface area (Å²) in [6.07, 6.45) is 1.83. The van der Waals surface area contributed by atoms with Gasteiger partial charge in [0.2, 0.25) is 0 Å². The Balaban J connectivity index is 1.90. The van der Waals surface area contributed by atoms with Crippen LogP contribution >= 0.6 is 22.9 Å². The number of nitrogens with one attached hydrogen (secondary N) is 1. The maximum Gasteiger partial charge on any atom is 0.271 e. The van der Waals surface area contributed by atoms with Crippen molar-refractivity contribution < 1.29 is 8.42 Å². The Bertz CT molecular complexity index is 916. The van der Waals surface area contributed by atoms with Gasteiger partial charge >= 0.3 is 0 Å². The number of aryl methyl sites for hydroxylation is 1. The molecule has 0 saturated heterocycles. The second-order valence-corrected chi connectivity index (χ2v) is 8.24. The number of thiophene rings is 1. The first-order valence-electron chi connectivity index (χ1n) is 6.32. The van der Waals surface area contributed by atoms with Gasteiger partial charge in [0.05, 0.1) is 10.0 Å². The van der Waals surface area contributed by atoms with Gasteiger partial charge in [0.1, 0.15) is 4.21 Å². The Morgan fingerprint density at radius 1 is 1.23 bits per heavy atom. The van der Waals surface area contributed by atoms with E-state index >= 15 is 0 Å². The third-order valence-electron chi connectivity index (χ3n) is 2.94. The molecule has 2 aromatic heterocycles. The van der Waals surface area contributed by atoms with E-state index in [4.69, 9.17) is 11.6 Å². The van der Waals surface area contributed by atoms with E-state index in [9.17, 15) is 8.42 Å². The zero-order chi connectivity index (χ0) is 15.7. The van der Waals surface area contributed by atoms with Crippen LogP contribution in [0.1, 0.15) is 0 Å². The van der Waals surface area contributed by atoms with Crippen LogP contribution in [-0.4, -0.2) is 18.2 Å². The SMILES string of the molecule is Cn1ccc(-c2cccc(NS(=O)(=O)c3ccc(Cl)s3)c2)n1. The largest absolute Gasteiger partial charge is 0.279 e. The number of rotatable bonds is 4. The van der Waals surface area contributed by atoms with Crippen molar-refractivity contribution in [2.24, 2.45) is 7.05 Å². The third kappa shape index (κ3) is 3.16. The lowest BCUT2D eigenvalue weighted by molar-refractivity contribution is 0.603. The fourth-order valence-electron chi connectivity index (χ4n) is 1.96.